The van der Waals surface area contributed by atoms with Crippen LogP contribution in [0.5, 0.6) is 0 Å². The molecule has 0 amide bonds. The molecule has 1 N–H and O–H groups in total. The van der Waals surface area contributed by atoms with Gasteiger partial charge in [-0.3, -0.25) is 0 Å². The summed E-state index contributed by atoms with van der Waals surface area (Å²) in [6.07, 6.45) is 0. The Labute approximate surface area is 113 Å². The van der Waals surface area contributed by atoms with Crippen LogP contribution in [0.25, 0.3) is 10.9 Å². The van der Waals surface area contributed by atoms with E-state index in [9.17, 15) is 0 Å². The van der Waals surface area contributed by atoms with Gasteiger partial charge in [-0.15, -0.1) is 0 Å². The first kappa shape index (κ1) is 13.2. The van der Waals surface area contributed by atoms with Gasteiger partial charge in [-0.1, -0.05) is 25.1 Å². The molecule has 0 fully saturated rings. The third-order valence-corrected chi connectivity index (χ3v) is 4.01. The summed E-state index contributed by atoms with van der Waals surface area (Å²) in [7, 11) is 0. The molecule has 1 aromatic carbocycles. The van der Waals surface area contributed by atoms with Crippen molar-refractivity contribution in [2.24, 2.45) is 0 Å². The molecule has 1 unspecified atom stereocenters. The van der Waals surface area contributed by atoms with Crippen molar-refractivity contribution in [1.82, 2.24) is 4.98 Å². The topological polar surface area (TPSA) is 24.9 Å². The molecule has 2 rings (SSSR count). The number of aromatic nitrogens is 1. The smallest absolute Gasteiger partial charge is 0.129 e. The Bertz CT molecular complexity index is 525. The number of pyridine rings is 1. The second-order valence-corrected chi connectivity index (χ2v) is 5.87. The lowest BCUT2D eigenvalue weighted by atomic mass is 10.1. The van der Waals surface area contributed by atoms with Crippen molar-refractivity contribution < 1.29 is 0 Å². The first-order valence-corrected chi connectivity index (χ1v) is 7.57. The highest BCUT2D eigenvalue weighted by Crippen LogP contribution is 2.20. The fraction of sp³-hybridized carbons (Fsp3) is 0.400. The summed E-state index contributed by atoms with van der Waals surface area (Å²) in [6.45, 7) is 6.51. The summed E-state index contributed by atoms with van der Waals surface area (Å²) in [6, 6.07) is 10.9. The normalized spacial score (nSPS) is 12.6. The van der Waals surface area contributed by atoms with E-state index in [1.165, 1.54) is 10.9 Å². The van der Waals surface area contributed by atoms with Crippen molar-refractivity contribution in [2.75, 3.05) is 16.8 Å². The van der Waals surface area contributed by atoms with Crippen LogP contribution in [0.1, 0.15) is 19.4 Å². The molecular weight excluding hydrogens is 240 g/mol. The Morgan fingerprint density at radius 3 is 2.89 bits per heavy atom. The van der Waals surface area contributed by atoms with Crippen LogP contribution in [0.4, 0.5) is 5.82 Å². The van der Waals surface area contributed by atoms with Gasteiger partial charge in [0.25, 0.3) is 0 Å². The Hall–Kier alpha value is -1.22. The molecule has 0 aliphatic carbocycles. The van der Waals surface area contributed by atoms with Crippen molar-refractivity contribution in [3.63, 3.8) is 0 Å². The maximum Gasteiger partial charge on any atom is 0.129 e. The molecule has 0 aliphatic heterocycles. The summed E-state index contributed by atoms with van der Waals surface area (Å²) < 4.78 is 0. The first-order valence-electron chi connectivity index (χ1n) is 6.41. The number of benzene rings is 1. The molecule has 1 atom stereocenters. The van der Waals surface area contributed by atoms with E-state index >= 15 is 0 Å². The van der Waals surface area contributed by atoms with Crippen LogP contribution in [-0.2, 0) is 0 Å². The van der Waals surface area contributed by atoms with Crippen molar-refractivity contribution in [1.29, 1.82) is 0 Å². The van der Waals surface area contributed by atoms with Gasteiger partial charge in [0.05, 0.1) is 5.52 Å². The maximum atomic E-state index is 4.70. The highest BCUT2D eigenvalue weighted by Gasteiger charge is 2.06. The number of hydrogen-bond donors (Lipinski definition) is 1. The number of thioether (sulfide) groups is 1. The number of nitrogens with one attached hydrogen (secondary N) is 1. The summed E-state index contributed by atoms with van der Waals surface area (Å²) in [5.41, 5.74) is 2.27. The Balaban J connectivity index is 2.19. The van der Waals surface area contributed by atoms with E-state index in [2.05, 4.69) is 50.4 Å². The molecule has 3 heteroatoms. The van der Waals surface area contributed by atoms with E-state index in [0.29, 0.717) is 6.04 Å². The molecule has 0 bridgehead atoms. The second-order valence-electron chi connectivity index (χ2n) is 4.55. The SMILES string of the molecule is CCSCC(C)Nc1nc2ccccc2cc1C. The molecule has 0 spiro atoms. The van der Waals surface area contributed by atoms with Gasteiger partial charge in [-0.05, 0) is 37.3 Å². The lowest BCUT2D eigenvalue weighted by molar-refractivity contribution is 0.901. The van der Waals surface area contributed by atoms with Gasteiger partial charge in [0.1, 0.15) is 5.82 Å². The number of aryl methyl sites for hydroxylation is 1. The molecule has 18 heavy (non-hydrogen) atoms. The Morgan fingerprint density at radius 2 is 2.11 bits per heavy atom. The van der Waals surface area contributed by atoms with Crippen LogP contribution in [0.2, 0.25) is 0 Å². The van der Waals surface area contributed by atoms with Crippen LogP contribution in [0.15, 0.2) is 30.3 Å². The lowest BCUT2D eigenvalue weighted by Crippen LogP contribution is -2.19. The molecular formula is C15H20N2S. The highest BCUT2D eigenvalue weighted by atomic mass is 32.2. The highest BCUT2D eigenvalue weighted by molar-refractivity contribution is 7.99. The monoisotopic (exact) mass is 260 g/mol. The van der Waals surface area contributed by atoms with E-state index in [4.69, 9.17) is 4.98 Å². The molecule has 0 saturated heterocycles. The minimum Gasteiger partial charge on any atom is -0.367 e. The minimum atomic E-state index is 0.447. The van der Waals surface area contributed by atoms with Crippen LogP contribution in [0.3, 0.4) is 0 Å². The maximum absolute atomic E-state index is 4.70. The largest absolute Gasteiger partial charge is 0.367 e. The van der Waals surface area contributed by atoms with Gasteiger partial charge < -0.3 is 5.32 Å². The van der Waals surface area contributed by atoms with Crippen molar-refractivity contribution in [3.8, 4) is 0 Å². The number of hydrogen-bond acceptors (Lipinski definition) is 3. The molecule has 2 nitrogen and oxygen atoms in total. The molecule has 0 saturated carbocycles. The molecule has 1 aromatic heterocycles. The van der Waals surface area contributed by atoms with Gasteiger partial charge in [0.2, 0.25) is 0 Å². The standard InChI is InChI=1S/C15H20N2S/c1-4-18-10-12(3)16-15-11(2)9-13-7-5-6-8-14(13)17-15/h5-9,12H,4,10H2,1-3H3,(H,16,17). The first-order chi connectivity index (χ1) is 8.70. The fourth-order valence-electron chi connectivity index (χ4n) is 1.94. The van der Waals surface area contributed by atoms with Gasteiger partial charge in [-0.25, -0.2) is 4.98 Å². The van der Waals surface area contributed by atoms with Gasteiger partial charge >= 0.3 is 0 Å². The molecule has 2 aromatic rings. The predicted molar refractivity (Wildman–Crippen MR) is 82.6 cm³/mol. The quantitative estimate of drug-likeness (QED) is 0.876. The van der Waals surface area contributed by atoms with Crippen LogP contribution in [-0.4, -0.2) is 22.5 Å². The van der Waals surface area contributed by atoms with Crippen molar-refractivity contribution >= 4 is 28.5 Å². The summed E-state index contributed by atoms with van der Waals surface area (Å²) in [5, 5.41) is 4.71. The Kier molecular flexibility index (Phi) is 4.48. The van der Waals surface area contributed by atoms with Crippen LogP contribution >= 0.6 is 11.8 Å². The van der Waals surface area contributed by atoms with Gasteiger partial charge in [-0.2, -0.15) is 11.8 Å². The molecule has 0 radical (unpaired) electrons. The number of anilines is 1. The zero-order chi connectivity index (χ0) is 13.0. The second kappa shape index (κ2) is 6.10. The molecule has 1 heterocycles. The molecule has 96 valence electrons. The van der Waals surface area contributed by atoms with Gasteiger partial charge in [0.15, 0.2) is 0 Å². The number of para-hydroxylation sites is 1. The van der Waals surface area contributed by atoms with Crippen molar-refractivity contribution in [2.45, 2.75) is 26.8 Å². The molecule has 0 aliphatic rings. The van der Waals surface area contributed by atoms with Crippen LogP contribution in [0, 0.1) is 6.92 Å². The van der Waals surface area contributed by atoms with Crippen LogP contribution < -0.4 is 5.32 Å². The minimum absolute atomic E-state index is 0.447. The predicted octanol–water partition coefficient (Wildman–Crippen LogP) is 4.10. The van der Waals surface area contributed by atoms with Gasteiger partial charge in [0, 0.05) is 17.2 Å². The summed E-state index contributed by atoms with van der Waals surface area (Å²) in [5.74, 6) is 3.29. The third kappa shape index (κ3) is 3.16. The average Bonchev–Trinajstić information content (AvgIpc) is 2.37. The fourth-order valence-corrected chi connectivity index (χ4v) is 2.61. The van der Waals surface area contributed by atoms with E-state index in [0.717, 1.165) is 22.8 Å². The number of rotatable bonds is 5. The summed E-state index contributed by atoms with van der Waals surface area (Å²) >= 11 is 1.95. The van der Waals surface area contributed by atoms with Crippen molar-refractivity contribution in [3.05, 3.63) is 35.9 Å². The van der Waals surface area contributed by atoms with E-state index < -0.39 is 0 Å². The summed E-state index contributed by atoms with van der Waals surface area (Å²) in [4.78, 5) is 4.70. The number of nitrogens with zero attached hydrogens (tertiary/aromatic N) is 1. The number of fused-ring (bicyclic) bond motifs is 1. The Morgan fingerprint density at radius 1 is 1.33 bits per heavy atom. The van der Waals surface area contributed by atoms with E-state index in [1.54, 1.807) is 0 Å². The zero-order valence-corrected chi connectivity index (χ0v) is 12.1. The van der Waals surface area contributed by atoms with E-state index in [-0.39, 0.29) is 0 Å². The van der Waals surface area contributed by atoms with E-state index in [1.807, 2.05) is 17.8 Å². The lowest BCUT2D eigenvalue weighted by Gasteiger charge is -2.16. The third-order valence-electron chi connectivity index (χ3n) is 2.87. The average molecular weight is 260 g/mol. The zero-order valence-electron chi connectivity index (χ0n) is 11.2.